The van der Waals surface area contributed by atoms with E-state index >= 15 is 0 Å². The molecule has 128 valence electrons. The van der Waals surface area contributed by atoms with E-state index in [-0.39, 0.29) is 13.1 Å². The molecule has 0 spiro atoms. The minimum absolute atomic E-state index is 0.224. The molecule has 1 aliphatic heterocycles. The molecule has 3 heterocycles. The van der Waals surface area contributed by atoms with Crippen molar-refractivity contribution in [2.75, 3.05) is 31.1 Å². The van der Waals surface area contributed by atoms with Gasteiger partial charge in [-0.25, -0.2) is 4.98 Å². The van der Waals surface area contributed by atoms with Crippen molar-refractivity contribution in [1.82, 2.24) is 19.2 Å². The zero-order valence-corrected chi connectivity index (χ0v) is 14.0. The average molecular weight is 353 g/mol. The van der Waals surface area contributed by atoms with Gasteiger partial charge in [-0.3, -0.25) is 9.78 Å². The van der Waals surface area contributed by atoms with Crippen molar-refractivity contribution in [2.45, 2.75) is 19.3 Å². The van der Waals surface area contributed by atoms with E-state index in [1.54, 1.807) is 0 Å². The van der Waals surface area contributed by atoms with Crippen molar-refractivity contribution in [2.24, 2.45) is 0 Å². The van der Waals surface area contributed by atoms with Gasteiger partial charge in [0.05, 0.1) is 0 Å². The highest BCUT2D eigenvalue weighted by Gasteiger charge is 2.45. The zero-order chi connectivity index (χ0) is 17.2. The molecule has 1 aliphatic rings. The second-order valence-electron chi connectivity index (χ2n) is 5.42. The summed E-state index contributed by atoms with van der Waals surface area (Å²) in [6.45, 7) is 3.34. The Balaban J connectivity index is 1.64. The van der Waals surface area contributed by atoms with Crippen LogP contribution < -0.4 is 4.90 Å². The molecule has 2 aromatic rings. The summed E-state index contributed by atoms with van der Waals surface area (Å²) in [5.41, 5.74) is -0.519. The van der Waals surface area contributed by atoms with Crippen LogP contribution in [0.3, 0.4) is 0 Å². The number of carbonyl (C=O) groups excluding carboxylic acids is 1. The summed E-state index contributed by atoms with van der Waals surface area (Å²) in [5.74, 6) is -4.04. The van der Waals surface area contributed by atoms with Gasteiger partial charge < -0.3 is 9.80 Å². The number of pyridine rings is 1. The third-order valence-electron chi connectivity index (χ3n) is 3.87. The van der Waals surface area contributed by atoms with E-state index in [0.29, 0.717) is 13.1 Å². The Kier molecular flexibility index (Phi) is 4.70. The lowest BCUT2D eigenvalue weighted by molar-refractivity contribution is -0.159. The summed E-state index contributed by atoms with van der Waals surface area (Å²) in [7, 11) is 0. The quantitative estimate of drug-likeness (QED) is 0.841. The van der Waals surface area contributed by atoms with Crippen LogP contribution in [0.5, 0.6) is 0 Å². The highest BCUT2D eigenvalue weighted by molar-refractivity contribution is 7.09. The summed E-state index contributed by atoms with van der Waals surface area (Å²) in [6, 6.07) is 4.15. The Morgan fingerprint density at radius 1 is 1.29 bits per heavy atom. The number of alkyl halides is 2. The molecule has 0 atom stereocenters. The van der Waals surface area contributed by atoms with Crippen molar-refractivity contribution >= 4 is 22.6 Å². The molecule has 0 N–H and O–H groups in total. The first-order chi connectivity index (χ1) is 11.5. The number of hydrogen-bond donors (Lipinski definition) is 0. The first-order valence-electron chi connectivity index (χ1n) is 7.68. The standard InChI is InChI=1S/C15H17F2N5OS/c1-2-12-19-14(24-20-12)22-9-7-21(8-10-22)13(23)15(16,17)11-5-3-4-6-18-11/h3-6H,2,7-10H2,1H3. The fourth-order valence-electron chi connectivity index (χ4n) is 2.47. The Bertz CT molecular complexity index is 701. The van der Waals surface area contributed by atoms with Crippen LogP contribution >= 0.6 is 11.5 Å². The van der Waals surface area contributed by atoms with Gasteiger partial charge in [0.15, 0.2) is 0 Å². The van der Waals surface area contributed by atoms with Crippen LogP contribution in [0.4, 0.5) is 13.9 Å². The normalized spacial score (nSPS) is 15.6. The van der Waals surface area contributed by atoms with Crippen molar-refractivity contribution in [3.63, 3.8) is 0 Å². The summed E-state index contributed by atoms with van der Waals surface area (Å²) in [5, 5.41) is 0.774. The molecule has 1 fully saturated rings. The van der Waals surface area contributed by atoms with E-state index in [1.807, 2.05) is 11.8 Å². The number of anilines is 1. The fraction of sp³-hybridized carbons (Fsp3) is 0.467. The van der Waals surface area contributed by atoms with E-state index in [0.717, 1.165) is 17.4 Å². The Hall–Kier alpha value is -2.16. The lowest BCUT2D eigenvalue weighted by Crippen LogP contribution is -2.52. The molecule has 0 bridgehead atoms. The van der Waals surface area contributed by atoms with Gasteiger partial charge >= 0.3 is 5.92 Å². The molecule has 0 radical (unpaired) electrons. The van der Waals surface area contributed by atoms with Crippen LogP contribution in [0.1, 0.15) is 18.4 Å². The van der Waals surface area contributed by atoms with Crippen LogP contribution in [-0.2, 0) is 17.1 Å². The van der Waals surface area contributed by atoms with Gasteiger partial charge in [0.25, 0.3) is 5.91 Å². The summed E-state index contributed by atoms with van der Waals surface area (Å²) in [6.07, 6.45) is 2.01. The number of piperazine rings is 1. The summed E-state index contributed by atoms with van der Waals surface area (Å²) >= 11 is 1.30. The van der Waals surface area contributed by atoms with Gasteiger partial charge in [-0.1, -0.05) is 13.0 Å². The van der Waals surface area contributed by atoms with E-state index < -0.39 is 17.5 Å². The first-order valence-corrected chi connectivity index (χ1v) is 8.46. The number of nitrogens with zero attached hydrogens (tertiary/aromatic N) is 5. The molecule has 9 heteroatoms. The monoisotopic (exact) mass is 353 g/mol. The van der Waals surface area contributed by atoms with E-state index in [2.05, 4.69) is 14.3 Å². The molecule has 1 saturated heterocycles. The van der Waals surface area contributed by atoms with Gasteiger partial charge in [0, 0.05) is 50.3 Å². The van der Waals surface area contributed by atoms with Crippen molar-refractivity contribution in [3.8, 4) is 0 Å². The van der Waals surface area contributed by atoms with Crippen LogP contribution in [0.25, 0.3) is 0 Å². The molecular weight excluding hydrogens is 336 g/mol. The minimum atomic E-state index is -3.61. The second-order valence-corrected chi connectivity index (χ2v) is 6.15. The molecule has 1 amide bonds. The Morgan fingerprint density at radius 3 is 2.62 bits per heavy atom. The molecule has 0 unspecified atom stereocenters. The van der Waals surface area contributed by atoms with E-state index in [9.17, 15) is 13.6 Å². The number of halogens is 2. The smallest absolute Gasteiger partial charge is 0.343 e. The average Bonchev–Trinajstić information content (AvgIpc) is 3.11. The molecule has 0 aromatic carbocycles. The van der Waals surface area contributed by atoms with Crippen LogP contribution in [0.15, 0.2) is 24.4 Å². The predicted octanol–water partition coefficient (Wildman–Crippen LogP) is 1.94. The molecule has 0 aliphatic carbocycles. The lowest BCUT2D eigenvalue weighted by Gasteiger charge is -2.35. The Labute approximate surface area is 142 Å². The van der Waals surface area contributed by atoms with Gasteiger partial charge in [-0.15, -0.1) is 0 Å². The maximum Gasteiger partial charge on any atom is 0.366 e. The second kappa shape index (κ2) is 6.76. The third kappa shape index (κ3) is 3.21. The van der Waals surface area contributed by atoms with Crippen molar-refractivity contribution in [1.29, 1.82) is 0 Å². The SMILES string of the molecule is CCc1nsc(N2CCN(C(=O)C(F)(F)c3ccccn3)CC2)n1. The zero-order valence-electron chi connectivity index (χ0n) is 13.2. The summed E-state index contributed by atoms with van der Waals surface area (Å²) in [4.78, 5) is 23.4. The van der Waals surface area contributed by atoms with Gasteiger partial charge in [-0.05, 0) is 12.1 Å². The number of carbonyl (C=O) groups is 1. The molecule has 24 heavy (non-hydrogen) atoms. The largest absolute Gasteiger partial charge is 0.366 e. The van der Waals surface area contributed by atoms with Crippen LogP contribution in [0, 0.1) is 0 Å². The number of aromatic nitrogens is 3. The van der Waals surface area contributed by atoms with Gasteiger partial charge in [0.1, 0.15) is 11.5 Å². The lowest BCUT2D eigenvalue weighted by atomic mass is 10.1. The highest BCUT2D eigenvalue weighted by Crippen LogP contribution is 2.29. The first kappa shape index (κ1) is 16.7. The van der Waals surface area contributed by atoms with Gasteiger partial charge in [-0.2, -0.15) is 13.2 Å². The molecule has 3 rings (SSSR count). The molecular formula is C15H17F2N5OS. The topological polar surface area (TPSA) is 62.2 Å². The summed E-state index contributed by atoms with van der Waals surface area (Å²) < 4.78 is 32.9. The minimum Gasteiger partial charge on any atom is -0.343 e. The third-order valence-corrected chi connectivity index (χ3v) is 4.68. The maximum absolute atomic E-state index is 14.3. The van der Waals surface area contributed by atoms with Crippen molar-refractivity contribution in [3.05, 3.63) is 35.9 Å². The number of aryl methyl sites for hydroxylation is 1. The Morgan fingerprint density at radius 2 is 2.04 bits per heavy atom. The van der Waals surface area contributed by atoms with Crippen LogP contribution in [-0.4, -0.2) is 51.3 Å². The predicted molar refractivity (Wildman–Crippen MR) is 86.2 cm³/mol. The molecule has 0 saturated carbocycles. The van der Waals surface area contributed by atoms with Crippen molar-refractivity contribution < 1.29 is 13.6 Å². The fourth-order valence-corrected chi connectivity index (χ4v) is 3.28. The van der Waals surface area contributed by atoms with E-state index in [1.165, 1.54) is 40.8 Å². The van der Waals surface area contributed by atoms with Crippen LogP contribution in [0.2, 0.25) is 0 Å². The number of amides is 1. The van der Waals surface area contributed by atoms with E-state index in [4.69, 9.17) is 0 Å². The maximum atomic E-state index is 14.3. The highest BCUT2D eigenvalue weighted by atomic mass is 32.1. The number of hydrogen-bond acceptors (Lipinski definition) is 6. The molecule has 2 aromatic heterocycles. The van der Waals surface area contributed by atoms with Gasteiger partial charge in [0.2, 0.25) is 5.13 Å². The molecule has 6 nitrogen and oxygen atoms in total. The number of rotatable bonds is 4.